The molecule has 0 bridgehead atoms. The van der Waals surface area contributed by atoms with Crippen molar-refractivity contribution in [3.63, 3.8) is 0 Å². The molecule has 2 aliphatic rings. The van der Waals surface area contributed by atoms with E-state index < -0.39 is 29.5 Å². The zero-order chi connectivity index (χ0) is 36.3. The first-order valence-corrected chi connectivity index (χ1v) is 20.2. The van der Waals surface area contributed by atoms with Gasteiger partial charge in [0.2, 0.25) is 11.2 Å². The fourth-order valence-corrected chi connectivity index (χ4v) is 10.9. The van der Waals surface area contributed by atoms with Gasteiger partial charge in [0.25, 0.3) is 0 Å². The number of phenolic OH excluding ortho intramolecular Hbond substituents is 3. The van der Waals surface area contributed by atoms with Crippen LogP contribution in [0.3, 0.4) is 0 Å². The lowest BCUT2D eigenvalue weighted by Crippen LogP contribution is -2.42. The van der Waals surface area contributed by atoms with Crippen LogP contribution in [0.2, 0.25) is 0 Å². The van der Waals surface area contributed by atoms with Crippen LogP contribution in [0.4, 0.5) is 0 Å². The number of hydrogen-bond donors (Lipinski definition) is 6. The van der Waals surface area contributed by atoms with Crippen molar-refractivity contribution in [3.8, 4) is 40.1 Å². The summed E-state index contributed by atoms with van der Waals surface area (Å²) in [4.78, 5) is 14.0. The van der Waals surface area contributed by atoms with Crippen molar-refractivity contribution < 1.29 is 39.8 Å². The van der Waals surface area contributed by atoms with Crippen LogP contribution in [-0.4, -0.2) is 59.5 Å². The van der Waals surface area contributed by atoms with Gasteiger partial charge in [0.05, 0.1) is 17.0 Å². The van der Waals surface area contributed by atoms with Gasteiger partial charge in [0, 0.05) is 29.9 Å². The van der Waals surface area contributed by atoms with E-state index in [2.05, 4.69) is 0 Å². The number of aliphatic hydroxyl groups is 2. The van der Waals surface area contributed by atoms with Crippen LogP contribution >= 0.6 is 21.6 Å². The molecule has 11 heteroatoms. The summed E-state index contributed by atoms with van der Waals surface area (Å²) in [5, 5.41) is 66.2. The lowest BCUT2D eigenvalue weighted by molar-refractivity contribution is 0.0118. The van der Waals surface area contributed by atoms with Crippen LogP contribution in [-0.2, 0) is 12.8 Å². The molecule has 1 aliphatic carbocycles. The van der Waals surface area contributed by atoms with Crippen LogP contribution < -0.4 is 10.2 Å². The lowest BCUT2D eigenvalue weighted by Gasteiger charge is -2.40. The Hall–Kier alpha value is -3.51. The van der Waals surface area contributed by atoms with Gasteiger partial charge in [-0.25, -0.2) is 0 Å². The number of rotatable bonds is 7. The number of aromatic hydroxyl groups is 4. The molecule has 9 nitrogen and oxygen atoms in total. The van der Waals surface area contributed by atoms with E-state index in [-0.39, 0.29) is 56.8 Å². The van der Waals surface area contributed by atoms with Crippen LogP contribution in [0.5, 0.6) is 28.7 Å². The molecule has 0 amide bonds. The predicted molar refractivity (Wildman–Crippen MR) is 203 cm³/mol. The maximum absolute atomic E-state index is 14.0. The average molecular weight is 737 g/mol. The molecule has 0 unspecified atom stereocenters. The predicted octanol–water partition coefficient (Wildman–Crippen LogP) is 8.20. The van der Waals surface area contributed by atoms with Crippen LogP contribution in [0.1, 0.15) is 88.3 Å². The molecule has 0 radical (unpaired) electrons. The summed E-state index contributed by atoms with van der Waals surface area (Å²) < 4.78 is 12.3. The number of hydrogen-bond acceptors (Lipinski definition) is 11. The average Bonchev–Trinajstić information content (AvgIpc) is 3.11. The Morgan fingerprint density at radius 2 is 1.65 bits per heavy atom. The largest absolute Gasteiger partial charge is 0.508 e. The molecule has 6 rings (SSSR count). The molecule has 51 heavy (non-hydrogen) atoms. The zero-order valence-corrected chi connectivity index (χ0v) is 30.8. The molecule has 1 saturated heterocycles. The van der Waals surface area contributed by atoms with Crippen molar-refractivity contribution in [2.24, 2.45) is 5.92 Å². The highest BCUT2D eigenvalue weighted by atomic mass is 33.1. The Bertz CT molecular complexity index is 1900. The Morgan fingerprint density at radius 1 is 0.882 bits per heavy atom. The van der Waals surface area contributed by atoms with E-state index >= 15 is 0 Å². The normalized spacial score (nSPS) is 21.5. The molecule has 4 aromatic rings. The third-order valence-corrected chi connectivity index (χ3v) is 13.5. The SMILES string of the molecule is CC(C)Cc1cc(-c2oc3cc(O)cc(O[C@@H]4CC[C@@H](O)C5(CCCCC5)SSCCC[C@H]4O)c3c(=O)c2O)cc(Cc2cccc(O)c2)c1O. The molecular weight excluding hydrogens is 689 g/mol. The Kier molecular flexibility index (Phi) is 11.7. The molecular formula is C40H48O9S2. The third kappa shape index (κ3) is 8.43. The maximum Gasteiger partial charge on any atom is 0.238 e. The molecule has 274 valence electrons. The van der Waals surface area contributed by atoms with E-state index in [1.54, 1.807) is 51.9 Å². The fraction of sp³-hybridized carbons (Fsp3) is 0.475. The van der Waals surface area contributed by atoms with Gasteiger partial charge in [0.15, 0.2) is 5.76 Å². The van der Waals surface area contributed by atoms with Crippen LogP contribution in [0, 0.1) is 5.92 Å². The van der Waals surface area contributed by atoms with E-state index in [1.165, 1.54) is 12.1 Å². The van der Waals surface area contributed by atoms with Crippen molar-refractivity contribution in [1.82, 2.24) is 0 Å². The van der Waals surface area contributed by atoms with E-state index in [9.17, 15) is 35.4 Å². The standard InChI is InChI=1S/C40H48O9S2/c1-23(2)16-25-19-27(20-26(36(25)45)17-24-8-6-9-28(41)18-24)39-38(47)37(46)35-32(21-29(42)22-33(35)49-39)48-31-11-12-34(44)40(13-4-3-5-14-40)51-50-15-7-10-30(31)43/h6,8-9,18-23,30-31,34,41-45,47H,3-5,7,10-17H2,1-2H3/t30-,31-,34-/m1/s1. The van der Waals surface area contributed by atoms with Crippen molar-refractivity contribution in [3.05, 3.63) is 75.4 Å². The van der Waals surface area contributed by atoms with Gasteiger partial charge in [0.1, 0.15) is 40.1 Å². The Labute approximate surface area is 306 Å². The number of aliphatic hydroxyl groups excluding tert-OH is 2. The molecule has 2 fully saturated rings. The number of ether oxygens (including phenoxy) is 1. The molecule has 1 aromatic heterocycles. The summed E-state index contributed by atoms with van der Waals surface area (Å²) in [7, 11) is 3.54. The van der Waals surface area contributed by atoms with E-state index in [4.69, 9.17) is 9.15 Å². The highest BCUT2D eigenvalue weighted by Crippen LogP contribution is 2.50. The van der Waals surface area contributed by atoms with Gasteiger partial charge < -0.3 is 39.8 Å². The fourth-order valence-electron chi connectivity index (χ4n) is 7.45. The second-order valence-electron chi connectivity index (χ2n) is 14.5. The number of fused-ring (bicyclic) bond motifs is 1. The van der Waals surface area contributed by atoms with Crippen molar-refractivity contribution in [1.29, 1.82) is 0 Å². The van der Waals surface area contributed by atoms with Crippen molar-refractivity contribution >= 4 is 32.6 Å². The van der Waals surface area contributed by atoms with Crippen molar-refractivity contribution in [2.45, 2.75) is 108 Å². The van der Waals surface area contributed by atoms with E-state index in [0.29, 0.717) is 42.4 Å². The molecule has 1 saturated carbocycles. The Balaban J connectivity index is 1.37. The van der Waals surface area contributed by atoms with Crippen molar-refractivity contribution in [2.75, 3.05) is 5.75 Å². The molecule has 1 spiro atoms. The van der Waals surface area contributed by atoms with Gasteiger partial charge in [-0.05, 0) is 91.8 Å². The molecule has 3 aromatic carbocycles. The van der Waals surface area contributed by atoms with Crippen LogP contribution in [0.15, 0.2) is 57.7 Å². The van der Waals surface area contributed by atoms with Gasteiger partial charge in [-0.15, -0.1) is 0 Å². The molecule has 6 N–H and O–H groups in total. The quantitative estimate of drug-likeness (QED) is 0.102. The summed E-state index contributed by atoms with van der Waals surface area (Å²) >= 11 is 0. The highest BCUT2D eigenvalue weighted by molar-refractivity contribution is 8.77. The Morgan fingerprint density at radius 3 is 2.39 bits per heavy atom. The maximum atomic E-state index is 14.0. The van der Waals surface area contributed by atoms with E-state index in [1.807, 2.05) is 19.9 Å². The first-order valence-electron chi connectivity index (χ1n) is 17.9. The highest BCUT2D eigenvalue weighted by Gasteiger charge is 2.41. The molecule has 2 heterocycles. The van der Waals surface area contributed by atoms with Gasteiger partial charge in [-0.3, -0.25) is 4.79 Å². The second-order valence-corrected chi connectivity index (χ2v) is 17.3. The first kappa shape index (κ1) is 37.3. The summed E-state index contributed by atoms with van der Waals surface area (Å²) in [5.41, 5.74) is 1.46. The third-order valence-electron chi connectivity index (χ3n) is 10.1. The van der Waals surface area contributed by atoms with Gasteiger partial charge in [-0.1, -0.05) is 66.8 Å². The smallest absolute Gasteiger partial charge is 0.238 e. The summed E-state index contributed by atoms with van der Waals surface area (Å²) in [6.07, 6.45) is 5.67. The monoisotopic (exact) mass is 736 g/mol. The summed E-state index contributed by atoms with van der Waals surface area (Å²) in [6, 6.07) is 12.6. The van der Waals surface area contributed by atoms with Crippen LogP contribution in [0.25, 0.3) is 22.3 Å². The van der Waals surface area contributed by atoms with E-state index in [0.717, 1.165) is 49.8 Å². The minimum atomic E-state index is -0.887. The minimum Gasteiger partial charge on any atom is -0.508 e. The summed E-state index contributed by atoms with van der Waals surface area (Å²) in [5.74, 6) is 0.146. The lowest BCUT2D eigenvalue weighted by atomic mass is 9.82. The minimum absolute atomic E-state index is 0.0176. The summed E-state index contributed by atoms with van der Waals surface area (Å²) in [6.45, 7) is 4.03. The topological polar surface area (TPSA) is 161 Å². The number of phenols is 3. The molecule has 3 atom stereocenters. The molecule has 1 aliphatic heterocycles. The first-order chi connectivity index (χ1) is 24.4. The second kappa shape index (κ2) is 16.0. The number of benzene rings is 3. The van der Waals surface area contributed by atoms with Gasteiger partial charge >= 0.3 is 0 Å². The zero-order valence-electron chi connectivity index (χ0n) is 29.1. The van der Waals surface area contributed by atoms with Gasteiger partial charge in [-0.2, -0.15) is 0 Å².